The average Bonchev–Trinajstić information content (AvgIpc) is 3.26. The molecule has 0 radical (unpaired) electrons. The highest BCUT2D eigenvalue weighted by atomic mass is 35.5. The van der Waals surface area contributed by atoms with E-state index in [0.29, 0.717) is 10.7 Å². The van der Waals surface area contributed by atoms with Gasteiger partial charge in [-0.15, -0.1) is 5.10 Å². The minimum atomic E-state index is -4.00. The van der Waals surface area contributed by atoms with Gasteiger partial charge in [-0.05, 0) is 48.5 Å². The molecule has 0 saturated heterocycles. The van der Waals surface area contributed by atoms with Crippen molar-refractivity contribution in [1.82, 2.24) is 15.0 Å². The first-order valence-electron chi connectivity index (χ1n) is 9.22. The fourth-order valence-electron chi connectivity index (χ4n) is 2.79. The largest absolute Gasteiger partial charge is 0.506 e. The van der Waals surface area contributed by atoms with Gasteiger partial charge in [-0.3, -0.25) is 9.52 Å². The number of anilines is 2. The summed E-state index contributed by atoms with van der Waals surface area (Å²) in [5.41, 5.74) is 0.820. The second-order valence-corrected chi connectivity index (χ2v) is 8.72. The van der Waals surface area contributed by atoms with Crippen LogP contribution < -0.4 is 10.0 Å². The number of aromatic hydroxyl groups is 1. The van der Waals surface area contributed by atoms with E-state index in [4.69, 9.17) is 11.6 Å². The summed E-state index contributed by atoms with van der Waals surface area (Å²) in [7, 11) is -4.00. The summed E-state index contributed by atoms with van der Waals surface area (Å²) in [6.45, 7) is 0. The first-order chi connectivity index (χ1) is 15.3. The lowest BCUT2D eigenvalue weighted by Crippen LogP contribution is -2.16. The second-order valence-electron chi connectivity index (χ2n) is 6.60. The van der Waals surface area contributed by atoms with Crippen LogP contribution in [0, 0.1) is 0 Å². The Morgan fingerprint density at radius 2 is 1.78 bits per heavy atom. The van der Waals surface area contributed by atoms with Gasteiger partial charge in [-0.1, -0.05) is 35.9 Å². The number of rotatable bonds is 6. The monoisotopic (exact) mass is 469 g/mol. The highest BCUT2D eigenvalue weighted by Gasteiger charge is 2.19. The molecule has 0 aliphatic heterocycles. The SMILES string of the molecule is O=C(Nc1cc(S(=O)(=O)Nc2cccc(Cl)c2)ccc1O)c1cnn(-c2ccccc2)n1. The van der Waals surface area contributed by atoms with Crippen molar-refractivity contribution in [2.45, 2.75) is 4.90 Å². The highest BCUT2D eigenvalue weighted by Crippen LogP contribution is 2.28. The van der Waals surface area contributed by atoms with Crippen molar-refractivity contribution in [3.8, 4) is 11.4 Å². The van der Waals surface area contributed by atoms with Crippen LogP contribution in [0.2, 0.25) is 5.02 Å². The lowest BCUT2D eigenvalue weighted by atomic mass is 10.3. The number of benzene rings is 3. The first kappa shape index (κ1) is 21.3. The quantitative estimate of drug-likeness (QED) is 0.370. The van der Waals surface area contributed by atoms with Gasteiger partial charge in [-0.25, -0.2) is 8.42 Å². The van der Waals surface area contributed by atoms with Crippen molar-refractivity contribution in [3.05, 3.63) is 89.7 Å². The zero-order valence-electron chi connectivity index (χ0n) is 16.3. The van der Waals surface area contributed by atoms with E-state index in [1.165, 1.54) is 29.2 Å². The number of nitrogens with one attached hydrogen (secondary N) is 2. The second kappa shape index (κ2) is 8.69. The summed E-state index contributed by atoms with van der Waals surface area (Å²) in [4.78, 5) is 13.7. The lowest BCUT2D eigenvalue weighted by molar-refractivity contribution is 0.102. The van der Waals surface area contributed by atoms with Crippen molar-refractivity contribution in [3.63, 3.8) is 0 Å². The van der Waals surface area contributed by atoms with Gasteiger partial charge in [0.1, 0.15) is 5.75 Å². The molecule has 0 unspecified atom stereocenters. The van der Waals surface area contributed by atoms with Gasteiger partial charge in [0.15, 0.2) is 5.69 Å². The topological polar surface area (TPSA) is 126 Å². The van der Waals surface area contributed by atoms with E-state index in [1.807, 2.05) is 6.07 Å². The molecule has 0 aliphatic carbocycles. The fourth-order valence-corrected chi connectivity index (χ4v) is 4.05. The summed E-state index contributed by atoms with van der Waals surface area (Å²) >= 11 is 5.89. The van der Waals surface area contributed by atoms with E-state index >= 15 is 0 Å². The smallest absolute Gasteiger partial charge is 0.277 e. The number of aromatic nitrogens is 3. The van der Waals surface area contributed by atoms with Crippen LogP contribution in [0.3, 0.4) is 0 Å². The molecule has 0 spiro atoms. The third-order valence-electron chi connectivity index (χ3n) is 4.31. The summed E-state index contributed by atoms with van der Waals surface area (Å²) in [5, 5.41) is 21.1. The number of phenolic OH excluding ortho intramolecular Hbond substituents is 1. The van der Waals surface area contributed by atoms with Gasteiger partial charge in [0.05, 0.1) is 28.2 Å². The van der Waals surface area contributed by atoms with E-state index in [-0.39, 0.29) is 27.7 Å². The van der Waals surface area contributed by atoms with E-state index < -0.39 is 15.9 Å². The molecule has 0 fully saturated rings. The third-order valence-corrected chi connectivity index (χ3v) is 5.93. The maximum Gasteiger partial charge on any atom is 0.277 e. The van der Waals surface area contributed by atoms with Crippen molar-refractivity contribution >= 4 is 38.9 Å². The number of hydrogen-bond acceptors (Lipinski definition) is 6. The summed E-state index contributed by atoms with van der Waals surface area (Å²) < 4.78 is 27.8. The molecule has 1 heterocycles. The lowest BCUT2D eigenvalue weighted by Gasteiger charge is -2.11. The van der Waals surface area contributed by atoms with Crippen LogP contribution in [0.5, 0.6) is 5.75 Å². The van der Waals surface area contributed by atoms with Crippen molar-refractivity contribution in [2.75, 3.05) is 10.0 Å². The summed E-state index contributed by atoms with van der Waals surface area (Å²) in [6, 6.07) is 18.7. The molecule has 1 amide bonds. The fraction of sp³-hybridized carbons (Fsp3) is 0. The number of phenols is 1. The number of hydrogen-bond donors (Lipinski definition) is 3. The van der Waals surface area contributed by atoms with Crippen LogP contribution in [0.1, 0.15) is 10.5 Å². The molecule has 162 valence electrons. The van der Waals surface area contributed by atoms with E-state index in [2.05, 4.69) is 20.2 Å². The number of nitrogens with zero attached hydrogens (tertiary/aromatic N) is 3. The number of carbonyl (C=O) groups excluding carboxylic acids is 1. The van der Waals surface area contributed by atoms with Gasteiger partial charge in [0.2, 0.25) is 0 Å². The predicted octanol–water partition coefficient (Wildman–Crippen LogP) is 3.68. The molecule has 32 heavy (non-hydrogen) atoms. The Morgan fingerprint density at radius 3 is 2.53 bits per heavy atom. The maximum atomic E-state index is 12.7. The predicted molar refractivity (Wildman–Crippen MR) is 120 cm³/mol. The Hall–Kier alpha value is -3.89. The van der Waals surface area contributed by atoms with E-state index in [1.54, 1.807) is 42.5 Å². The molecule has 4 aromatic rings. The maximum absolute atomic E-state index is 12.7. The van der Waals surface area contributed by atoms with Crippen LogP contribution in [0.15, 0.2) is 83.9 Å². The minimum Gasteiger partial charge on any atom is -0.506 e. The number of para-hydroxylation sites is 1. The van der Waals surface area contributed by atoms with Gasteiger partial charge in [-0.2, -0.15) is 9.90 Å². The van der Waals surface area contributed by atoms with Gasteiger partial charge in [0, 0.05) is 5.02 Å². The molecule has 0 bridgehead atoms. The van der Waals surface area contributed by atoms with Crippen molar-refractivity contribution in [1.29, 1.82) is 0 Å². The third kappa shape index (κ3) is 4.71. The van der Waals surface area contributed by atoms with E-state index in [0.717, 1.165) is 6.07 Å². The van der Waals surface area contributed by atoms with E-state index in [9.17, 15) is 18.3 Å². The zero-order valence-corrected chi connectivity index (χ0v) is 17.9. The zero-order chi connectivity index (χ0) is 22.7. The molecular weight excluding hydrogens is 454 g/mol. The normalized spacial score (nSPS) is 11.2. The molecule has 0 atom stereocenters. The van der Waals surface area contributed by atoms with Crippen LogP contribution >= 0.6 is 11.6 Å². The Bertz CT molecular complexity index is 1390. The molecule has 0 aliphatic rings. The molecule has 3 N–H and O–H groups in total. The van der Waals surface area contributed by atoms with Crippen molar-refractivity contribution in [2.24, 2.45) is 0 Å². The highest BCUT2D eigenvalue weighted by molar-refractivity contribution is 7.92. The minimum absolute atomic E-state index is 0.0152. The number of sulfonamides is 1. The molecule has 3 aromatic carbocycles. The molecular formula is C21H16ClN5O4S. The molecule has 0 saturated carbocycles. The Balaban J connectivity index is 1.55. The summed E-state index contributed by atoms with van der Waals surface area (Å²) in [5.74, 6) is -0.977. The number of amides is 1. The standard InChI is InChI=1S/C21H16ClN5O4S/c22-14-5-4-6-15(11-14)26-32(30,31)17-9-10-20(28)18(12-17)24-21(29)19-13-23-27(25-19)16-7-2-1-3-8-16/h1-13,26,28H,(H,24,29). The van der Waals surface area contributed by atoms with Crippen LogP contribution in [0.25, 0.3) is 5.69 Å². The molecule has 9 nitrogen and oxygen atoms in total. The Labute approximate surface area is 188 Å². The Kier molecular flexibility index (Phi) is 5.80. The van der Waals surface area contributed by atoms with Gasteiger partial charge in [0.25, 0.3) is 15.9 Å². The van der Waals surface area contributed by atoms with Crippen LogP contribution in [-0.2, 0) is 10.0 Å². The molecule has 11 heteroatoms. The number of carbonyl (C=O) groups is 1. The number of halogens is 1. The first-order valence-corrected chi connectivity index (χ1v) is 11.1. The summed E-state index contributed by atoms with van der Waals surface area (Å²) in [6.07, 6.45) is 1.26. The van der Waals surface area contributed by atoms with Crippen molar-refractivity contribution < 1.29 is 18.3 Å². The average molecular weight is 470 g/mol. The molecule has 4 rings (SSSR count). The molecule has 1 aromatic heterocycles. The van der Waals surface area contributed by atoms with Crippen LogP contribution in [-0.4, -0.2) is 34.4 Å². The Morgan fingerprint density at radius 1 is 1.00 bits per heavy atom. The van der Waals surface area contributed by atoms with Crippen LogP contribution in [0.4, 0.5) is 11.4 Å². The van der Waals surface area contributed by atoms with Gasteiger partial charge < -0.3 is 10.4 Å². The van der Waals surface area contributed by atoms with Gasteiger partial charge >= 0.3 is 0 Å².